The van der Waals surface area contributed by atoms with Crippen LogP contribution in [0.3, 0.4) is 0 Å². The highest BCUT2D eigenvalue weighted by molar-refractivity contribution is 6.08. The summed E-state index contributed by atoms with van der Waals surface area (Å²) in [6, 6.07) is 7.42. The first-order chi connectivity index (χ1) is 13.1. The summed E-state index contributed by atoms with van der Waals surface area (Å²) in [5.74, 6) is -0.418. The van der Waals surface area contributed by atoms with Gasteiger partial charge in [-0.05, 0) is 56.6 Å². The van der Waals surface area contributed by atoms with Crippen molar-refractivity contribution in [2.45, 2.75) is 25.8 Å². The van der Waals surface area contributed by atoms with Crippen LogP contribution < -0.4 is 16.2 Å². The molecule has 3 aromatic rings. The average Bonchev–Trinajstić information content (AvgIpc) is 3.05. The van der Waals surface area contributed by atoms with Crippen LogP contribution in [0.2, 0.25) is 0 Å². The summed E-state index contributed by atoms with van der Waals surface area (Å²) in [6.07, 6.45) is 3.56. The van der Waals surface area contributed by atoms with E-state index in [4.69, 9.17) is 0 Å². The SMILES string of the molecule is Cc1ccn(C2CCNCC2)c(=O)c1C(=O)Nc1cccc2c1nnn2C.Cl. The van der Waals surface area contributed by atoms with E-state index in [0.717, 1.165) is 31.4 Å². The van der Waals surface area contributed by atoms with Crippen LogP contribution >= 0.6 is 12.4 Å². The van der Waals surface area contributed by atoms with E-state index in [1.165, 1.54) is 0 Å². The van der Waals surface area contributed by atoms with Crippen molar-refractivity contribution in [3.05, 3.63) is 51.9 Å². The van der Waals surface area contributed by atoms with Gasteiger partial charge in [-0.15, -0.1) is 17.5 Å². The molecular weight excluding hydrogens is 380 g/mol. The molecule has 2 N–H and O–H groups in total. The third-order valence-corrected chi connectivity index (χ3v) is 5.15. The zero-order chi connectivity index (χ0) is 19.0. The molecule has 1 aromatic carbocycles. The molecule has 8 nitrogen and oxygen atoms in total. The molecule has 0 saturated carbocycles. The van der Waals surface area contributed by atoms with Gasteiger partial charge in [0.2, 0.25) is 0 Å². The fourth-order valence-electron chi connectivity index (χ4n) is 3.63. The Labute approximate surface area is 168 Å². The van der Waals surface area contributed by atoms with E-state index in [2.05, 4.69) is 20.9 Å². The molecule has 0 spiro atoms. The van der Waals surface area contributed by atoms with Crippen LogP contribution in [0.25, 0.3) is 11.0 Å². The number of anilines is 1. The van der Waals surface area contributed by atoms with Gasteiger partial charge in [-0.2, -0.15) is 0 Å². The van der Waals surface area contributed by atoms with E-state index in [9.17, 15) is 9.59 Å². The standard InChI is InChI=1S/C19H22N6O2.ClH/c1-12-8-11-25(13-6-9-20-10-7-13)19(27)16(12)18(26)21-14-4-3-5-15-17(14)22-23-24(15)2;/h3-5,8,11,13,20H,6-7,9-10H2,1-2H3,(H,21,26);1H. The minimum absolute atomic E-state index is 0. The molecule has 148 valence electrons. The van der Waals surface area contributed by atoms with Gasteiger partial charge < -0.3 is 15.2 Å². The van der Waals surface area contributed by atoms with Crippen LogP contribution in [0.1, 0.15) is 34.8 Å². The van der Waals surface area contributed by atoms with Crippen molar-refractivity contribution in [3.63, 3.8) is 0 Å². The number of pyridine rings is 1. The van der Waals surface area contributed by atoms with Crippen LogP contribution in [0.5, 0.6) is 0 Å². The second-order valence-corrected chi connectivity index (χ2v) is 6.91. The van der Waals surface area contributed by atoms with E-state index in [0.29, 0.717) is 16.8 Å². The Hall–Kier alpha value is -2.71. The summed E-state index contributed by atoms with van der Waals surface area (Å²) in [6.45, 7) is 3.54. The Morgan fingerprint density at radius 3 is 2.75 bits per heavy atom. The maximum Gasteiger partial charge on any atom is 0.263 e. The number of nitrogens with one attached hydrogen (secondary N) is 2. The lowest BCUT2D eigenvalue weighted by Gasteiger charge is -2.25. The molecule has 0 aliphatic carbocycles. The molecule has 1 aliphatic rings. The number of rotatable bonds is 3. The van der Waals surface area contributed by atoms with E-state index >= 15 is 0 Å². The molecule has 28 heavy (non-hydrogen) atoms. The monoisotopic (exact) mass is 402 g/mol. The molecule has 1 aliphatic heterocycles. The summed E-state index contributed by atoms with van der Waals surface area (Å²) in [5, 5.41) is 14.2. The Kier molecular flexibility index (Phi) is 5.81. The molecule has 1 fully saturated rings. The number of piperidine rings is 1. The summed E-state index contributed by atoms with van der Waals surface area (Å²) in [7, 11) is 1.79. The van der Waals surface area contributed by atoms with Crippen molar-refractivity contribution >= 4 is 35.0 Å². The predicted octanol–water partition coefficient (Wildman–Crippen LogP) is 2.04. The molecule has 0 unspecified atom stereocenters. The lowest BCUT2D eigenvalue weighted by molar-refractivity contribution is 0.102. The minimum atomic E-state index is -0.418. The van der Waals surface area contributed by atoms with Crippen LogP contribution in [0.4, 0.5) is 5.69 Å². The fraction of sp³-hybridized carbons (Fsp3) is 0.368. The van der Waals surface area contributed by atoms with Gasteiger partial charge in [0.25, 0.3) is 11.5 Å². The molecule has 2 aromatic heterocycles. The van der Waals surface area contributed by atoms with E-state index in [-0.39, 0.29) is 29.6 Å². The number of halogens is 1. The second kappa shape index (κ2) is 8.12. The molecule has 1 saturated heterocycles. The lowest BCUT2D eigenvalue weighted by Crippen LogP contribution is -2.37. The van der Waals surface area contributed by atoms with Crippen LogP contribution in [-0.4, -0.2) is 38.6 Å². The van der Waals surface area contributed by atoms with Gasteiger partial charge in [0.15, 0.2) is 0 Å². The van der Waals surface area contributed by atoms with Gasteiger partial charge in [-0.3, -0.25) is 9.59 Å². The number of hydrogen-bond acceptors (Lipinski definition) is 5. The zero-order valence-electron chi connectivity index (χ0n) is 15.8. The Balaban J connectivity index is 0.00000225. The van der Waals surface area contributed by atoms with E-state index in [1.807, 2.05) is 18.2 Å². The van der Waals surface area contributed by atoms with Crippen LogP contribution in [0.15, 0.2) is 35.3 Å². The smallest absolute Gasteiger partial charge is 0.263 e. The Morgan fingerprint density at radius 1 is 1.25 bits per heavy atom. The van der Waals surface area contributed by atoms with Gasteiger partial charge in [-0.25, -0.2) is 4.68 Å². The highest BCUT2D eigenvalue weighted by Gasteiger charge is 2.22. The molecule has 0 radical (unpaired) electrons. The normalized spacial score (nSPS) is 14.6. The van der Waals surface area contributed by atoms with Crippen LogP contribution in [-0.2, 0) is 7.05 Å². The number of fused-ring (bicyclic) bond motifs is 1. The topological polar surface area (TPSA) is 93.8 Å². The number of aromatic nitrogens is 4. The first-order valence-corrected chi connectivity index (χ1v) is 9.08. The highest BCUT2D eigenvalue weighted by atomic mass is 35.5. The predicted molar refractivity (Wildman–Crippen MR) is 110 cm³/mol. The zero-order valence-corrected chi connectivity index (χ0v) is 16.6. The number of benzene rings is 1. The van der Waals surface area contributed by atoms with Gasteiger partial charge in [0, 0.05) is 19.3 Å². The quantitative estimate of drug-likeness (QED) is 0.699. The number of carbonyl (C=O) groups is 1. The minimum Gasteiger partial charge on any atom is -0.320 e. The molecular formula is C19H23ClN6O2. The number of hydrogen-bond donors (Lipinski definition) is 2. The summed E-state index contributed by atoms with van der Waals surface area (Å²) in [4.78, 5) is 26.0. The van der Waals surface area contributed by atoms with Gasteiger partial charge in [0.05, 0.1) is 11.2 Å². The molecule has 9 heteroatoms. The number of nitrogens with zero attached hydrogens (tertiary/aromatic N) is 4. The Morgan fingerprint density at radius 2 is 2.00 bits per heavy atom. The van der Waals surface area contributed by atoms with Gasteiger partial charge in [-0.1, -0.05) is 11.3 Å². The van der Waals surface area contributed by atoms with Crippen molar-refractivity contribution in [2.75, 3.05) is 18.4 Å². The van der Waals surface area contributed by atoms with E-state index in [1.54, 1.807) is 35.5 Å². The molecule has 0 atom stereocenters. The number of carbonyl (C=O) groups excluding carboxylic acids is 1. The van der Waals surface area contributed by atoms with Crippen molar-refractivity contribution in [2.24, 2.45) is 7.05 Å². The molecule has 0 bridgehead atoms. The van der Waals surface area contributed by atoms with Crippen molar-refractivity contribution in [1.29, 1.82) is 0 Å². The number of amides is 1. The number of aryl methyl sites for hydroxylation is 2. The third-order valence-electron chi connectivity index (χ3n) is 5.15. The first kappa shape index (κ1) is 20.0. The largest absolute Gasteiger partial charge is 0.320 e. The molecule has 4 rings (SSSR count). The van der Waals surface area contributed by atoms with Crippen LogP contribution in [0, 0.1) is 6.92 Å². The maximum absolute atomic E-state index is 13.0. The molecule has 1 amide bonds. The van der Waals surface area contributed by atoms with Gasteiger partial charge in [0.1, 0.15) is 11.1 Å². The Bertz CT molecular complexity index is 1070. The first-order valence-electron chi connectivity index (χ1n) is 9.08. The summed E-state index contributed by atoms with van der Waals surface area (Å²) < 4.78 is 3.34. The third kappa shape index (κ3) is 3.53. The summed E-state index contributed by atoms with van der Waals surface area (Å²) >= 11 is 0. The van der Waals surface area contributed by atoms with Crippen molar-refractivity contribution < 1.29 is 4.79 Å². The van der Waals surface area contributed by atoms with E-state index < -0.39 is 5.91 Å². The fourth-order valence-corrected chi connectivity index (χ4v) is 3.63. The molecule has 3 heterocycles. The van der Waals surface area contributed by atoms with Crippen molar-refractivity contribution in [3.8, 4) is 0 Å². The maximum atomic E-state index is 13.0. The highest BCUT2D eigenvalue weighted by Crippen LogP contribution is 2.22. The average molecular weight is 403 g/mol. The lowest BCUT2D eigenvalue weighted by atomic mass is 10.0. The van der Waals surface area contributed by atoms with Gasteiger partial charge >= 0.3 is 0 Å². The second-order valence-electron chi connectivity index (χ2n) is 6.91. The van der Waals surface area contributed by atoms with Crippen molar-refractivity contribution in [1.82, 2.24) is 24.9 Å². The summed E-state index contributed by atoms with van der Waals surface area (Å²) in [5.41, 5.74) is 2.55.